The van der Waals surface area contributed by atoms with Crippen molar-refractivity contribution < 1.29 is 19.1 Å². The number of benzene rings is 1. The van der Waals surface area contributed by atoms with Gasteiger partial charge in [0.1, 0.15) is 22.2 Å². The van der Waals surface area contributed by atoms with Gasteiger partial charge in [0.05, 0.1) is 5.69 Å². The third-order valence-corrected chi connectivity index (χ3v) is 4.25. The van der Waals surface area contributed by atoms with Gasteiger partial charge in [0.25, 0.3) is 5.91 Å². The van der Waals surface area contributed by atoms with Crippen molar-refractivity contribution in [1.82, 2.24) is 4.98 Å². The van der Waals surface area contributed by atoms with Gasteiger partial charge in [-0.1, -0.05) is 11.6 Å². The van der Waals surface area contributed by atoms with Crippen molar-refractivity contribution in [3.05, 3.63) is 44.9 Å². The first kappa shape index (κ1) is 17.2. The SMILES string of the molecule is Cc1nc(COc2ccc(Cl)cc2)sc1C(=O)OC(C)C(N)=O. The monoisotopic (exact) mass is 354 g/mol. The van der Waals surface area contributed by atoms with E-state index >= 15 is 0 Å². The number of aromatic nitrogens is 1. The number of esters is 1. The molecule has 2 N–H and O–H groups in total. The molecule has 1 heterocycles. The number of aryl methyl sites for hydroxylation is 1. The molecule has 122 valence electrons. The van der Waals surface area contributed by atoms with Gasteiger partial charge in [-0.25, -0.2) is 9.78 Å². The van der Waals surface area contributed by atoms with Gasteiger partial charge in [-0.05, 0) is 38.1 Å². The minimum Gasteiger partial charge on any atom is -0.486 e. The molecule has 0 fully saturated rings. The van der Waals surface area contributed by atoms with E-state index in [2.05, 4.69) is 4.98 Å². The molecule has 1 aromatic heterocycles. The number of carbonyl (C=O) groups excluding carboxylic acids is 2. The zero-order valence-corrected chi connectivity index (χ0v) is 14.1. The lowest BCUT2D eigenvalue weighted by Gasteiger charge is -2.08. The molecular weight excluding hydrogens is 340 g/mol. The van der Waals surface area contributed by atoms with Crippen molar-refractivity contribution in [3.8, 4) is 5.75 Å². The van der Waals surface area contributed by atoms with Crippen molar-refractivity contribution in [3.63, 3.8) is 0 Å². The summed E-state index contributed by atoms with van der Waals surface area (Å²) in [6.07, 6.45) is -0.988. The second kappa shape index (κ2) is 7.43. The number of rotatable bonds is 6. The summed E-state index contributed by atoms with van der Waals surface area (Å²) in [7, 11) is 0. The minimum atomic E-state index is -0.988. The number of thiazole rings is 1. The smallest absolute Gasteiger partial charge is 0.351 e. The topological polar surface area (TPSA) is 91.5 Å². The van der Waals surface area contributed by atoms with Crippen LogP contribution in [0.1, 0.15) is 27.3 Å². The lowest BCUT2D eigenvalue weighted by molar-refractivity contribution is -0.125. The molecule has 8 heteroatoms. The minimum absolute atomic E-state index is 0.214. The van der Waals surface area contributed by atoms with E-state index in [1.807, 2.05) is 0 Å². The van der Waals surface area contributed by atoms with E-state index in [4.69, 9.17) is 26.8 Å². The van der Waals surface area contributed by atoms with Crippen LogP contribution in [0, 0.1) is 6.92 Å². The average Bonchev–Trinajstić information content (AvgIpc) is 2.87. The zero-order chi connectivity index (χ0) is 17.0. The maximum Gasteiger partial charge on any atom is 0.351 e. The second-order valence-corrected chi connectivity index (χ2v) is 6.23. The Morgan fingerprint density at radius 2 is 2.00 bits per heavy atom. The van der Waals surface area contributed by atoms with Crippen LogP contribution in [0.15, 0.2) is 24.3 Å². The first-order valence-corrected chi connectivity index (χ1v) is 7.91. The fourth-order valence-electron chi connectivity index (χ4n) is 1.65. The predicted octanol–water partition coefficient (Wildman–Crippen LogP) is 2.71. The van der Waals surface area contributed by atoms with Crippen LogP contribution < -0.4 is 10.5 Å². The maximum absolute atomic E-state index is 12.0. The molecule has 0 saturated carbocycles. The molecule has 0 bridgehead atoms. The van der Waals surface area contributed by atoms with Crippen molar-refractivity contribution in [2.45, 2.75) is 26.6 Å². The maximum atomic E-state index is 12.0. The van der Waals surface area contributed by atoms with Gasteiger partial charge in [-0.3, -0.25) is 4.79 Å². The van der Waals surface area contributed by atoms with Crippen LogP contribution in [0.25, 0.3) is 0 Å². The fourth-order valence-corrected chi connectivity index (χ4v) is 2.64. The van der Waals surface area contributed by atoms with Crippen LogP contribution in [0.5, 0.6) is 5.75 Å². The van der Waals surface area contributed by atoms with E-state index in [1.165, 1.54) is 6.92 Å². The number of nitrogens with zero attached hydrogens (tertiary/aromatic N) is 1. The molecule has 0 aliphatic heterocycles. The number of hydrogen-bond donors (Lipinski definition) is 1. The first-order chi connectivity index (χ1) is 10.9. The van der Waals surface area contributed by atoms with Crippen molar-refractivity contribution in [2.24, 2.45) is 5.73 Å². The Hall–Kier alpha value is -2.12. The third kappa shape index (κ3) is 4.67. The molecule has 2 aromatic rings. The quantitative estimate of drug-likeness (QED) is 0.805. The Morgan fingerprint density at radius 3 is 2.61 bits per heavy atom. The Morgan fingerprint density at radius 1 is 1.35 bits per heavy atom. The summed E-state index contributed by atoms with van der Waals surface area (Å²) >= 11 is 6.96. The van der Waals surface area contributed by atoms with Gasteiger partial charge in [0.15, 0.2) is 6.10 Å². The van der Waals surface area contributed by atoms with Crippen molar-refractivity contribution in [2.75, 3.05) is 0 Å². The normalized spacial score (nSPS) is 11.8. The molecule has 0 aliphatic rings. The van der Waals surface area contributed by atoms with E-state index < -0.39 is 18.0 Å². The highest BCUT2D eigenvalue weighted by Gasteiger charge is 2.21. The summed E-state index contributed by atoms with van der Waals surface area (Å²) in [4.78, 5) is 27.5. The first-order valence-electron chi connectivity index (χ1n) is 6.71. The number of amides is 1. The van der Waals surface area contributed by atoms with Crippen LogP contribution in [0.3, 0.4) is 0 Å². The summed E-state index contributed by atoms with van der Waals surface area (Å²) in [5.74, 6) is -0.676. The summed E-state index contributed by atoms with van der Waals surface area (Å²) in [6.45, 7) is 3.32. The molecule has 1 aromatic carbocycles. The van der Waals surface area contributed by atoms with Crippen LogP contribution in [-0.2, 0) is 16.1 Å². The lowest BCUT2D eigenvalue weighted by atomic mass is 10.3. The zero-order valence-electron chi connectivity index (χ0n) is 12.5. The molecular formula is C15H15ClN2O4S. The van der Waals surface area contributed by atoms with E-state index in [0.29, 0.717) is 26.4 Å². The van der Waals surface area contributed by atoms with E-state index in [9.17, 15) is 9.59 Å². The van der Waals surface area contributed by atoms with Crippen molar-refractivity contribution in [1.29, 1.82) is 0 Å². The van der Waals surface area contributed by atoms with Crippen LogP contribution in [-0.4, -0.2) is 23.0 Å². The average molecular weight is 355 g/mol. The Labute approximate surface area is 142 Å². The largest absolute Gasteiger partial charge is 0.486 e. The van der Waals surface area contributed by atoms with Crippen LogP contribution >= 0.6 is 22.9 Å². The third-order valence-electron chi connectivity index (χ3n) is 2.89. The fraction of sp³-hybridized carbons (Fsp3) is 0.267. The molecule has 1 atom stereocenters. The second-order valence-electron chi connectivity index (χ2n) is 4.71. The summed E-state index contributed by atoms with van der Waals surface area (Å²) < 4.78 is 10.5. The van der Waals surface area contributed by atoms with Crippen molar-refractivity contribution >= 4 is 34.8 Å². The summed E-state index contributed by atoms with van der Waals surface area (Å²) in [6, 6.07) is 6.93. The summed E-state index contributed by atoms with van der Waals surface area (Å²) in [5, 5.41) is 1.24. The molecule has 2 rings (SSSR count). The number of carbonyl (C=O) groups is 2. The Bertz CT molecular complexity index is 715. The highest BCUT2D eigenvalue weighted by Crippen LogP contribution is 2.22. The summed E-state index contributed by atoms with van der Waals surface area (Å²) in [5.41, 5.74) is 5.59. The number of ether oxygens (including phenoxy) is 2. The highest BCUT2D eigenvalue weighted by atomic mass is 35.5. The van der Waals surface area contributed by atoms with Gasteiger partial charge in [-0.2, -0.15) is 0 Å². The number of primary amides is 1. The van der Waals surface area contributed by atoms with Gasteiger partial charge in [-0.15, -0.1) is 11.3 Å². The Balaban J connectivity index is 2.01. The van der Waals surface area contributed by atoms with E-state index in [1.54, 1.807) is 31.2 Å². The van der Waals surface area contributed by atoms with Gasteiger partial charge in [0, 0.05) is 5.02 Å². The molecule has 0 spiro atoms. The lowest BCUT2D eigenvalue weighted by Crippen LogP contribution is -2.30. The molecule has 23 heavy (non-hydrogen) atoms. The molecule has 0 radical (unpaired) electrons. The van der Waals surface area contributed by atoms with Gasteiger partial charge >= 0.3 is 5.97 Å². The highest BCUT2D eigenvalue weighted by molar-refractivity contribution is 7.13. The number of halogens is 1. The molecule has 1 amide bonds. The molecule has 1 unspecified atom stereocenters. The molecule has 0 saturated heterocycles. The van der Waals surface area contributed by atoms with Crippen LogP contribution in [0.4, 0.5) is 0 Å². The van der Waals surface area contributed by atoms with E-state index in [-0.39, 0.29) is 6.61 Å². The standard InChI is InChI=1S/C15H15ClN2O4S/c1-8-13(15(20)22-9(2)14(17)19)23-12(18-8)7-21-11-5-3-10(16)4-6-11/h3-6,9H,7H2,1-2H3,(H2,17,19). The molecule has 6 nitrogen and oxygen atoms in total. The van der Waals surface area contributed by atoms with E-state index in [0.717, 1.165) is 11.3 Å². The van der Waals surface area contributed by atoms with Crippen LogP contribution in [0.2, 0.25) is 5.02 Å². The molecule has 0 aliphatic carbocycles. The predicted molar refractivity (Wildman–Crippen MR) is 86.7 cm³/mol. The number of nitrogens with two attached hydrogens (primary N) is 1. The van der Waals surface area contributed by atoms with Gasteiger partial charge in [0.2, 0.25) is 0 Å². The van der Waals surface area contributed by atoms with Gasteiger partial charge < -0.3 is 15.2 Å². The Kier molecular flexibility index (Phi) is 5.57. The number of hydrogen-bond acceptors (Lipinski definition) is 6.